The van der Waals surface area contributed by atoms with E-state index in [0.717, 1.165) is 11.8 Å². The zero-order valence-electron chi connectivity index (χ0n) is 13.4. The molecule has 2 aromatic carbocycles. The molecular weight excluding hydrogens is 324 g/mol. The third-order valence-corrected chi connectivity index (χ3v) is 4.01. The van der Waals surface area contributed by atoms with Crippen molar-refractivity contribution in [1.29, 1.82) is 0 Å². The van der Waals surface area contributed by atoms with E-state index in [9.17, 15) is 13.2 Å². The average Bonchev–Trinajstić information content (AvgIpc) is 2.53. The van der Waals surface area contributed by atoms with Crippen LogP contribution in [0.15, 0.2) is 60.7 Å². The minimum absolute atomic E-state index is 0.114. The maximum absolute atomic E-state index is 11.9. The van der Waals surface area contributed by atoms with Gasteiger partial charge in [0.25, 0.3) is 0 Å². The predicted molar refractivity (Wildman–Crippen MR) is 97.5 cm³/mol. The number of anilines is 1. The molecule has 5 nitrogen and oxygen atoms in total. The molecule has 6 heteroatoms. The molecule has 0 bridgehead atoms. The molecule has 0 radical (unpaired) electrons. The number of rotatable bonds is 6. The van der Waals surface area contributed by atoms with Gasteiger partial charge in [0.15, 0.2) is 9.84 Å². The SMILES string of the molecule is CS(=O)(=O)Cc1ccccc1NC(=O)NCC=Cc1ccccc1. The summed E-state index contributed by atoms with van der Waals surface area (Å²) in [6.45, 7) is 0.370. The van der Waals surface area contributed by atoms with Crippen LogP contribution in [-0.2, 0) is 15.6 Å². The van der Waals surface area contributed by atoms with Crippen molar-refractivity contribution in [2.45, 2.75) is 5.75 Å². The summed E-state index contributed by atoms with van der Waals surface area (Å²) in [5.41, 5.74) is 2.11. The highest BCUT2D eigenvalue weighted by molar-refractivity contribution is 7.89. The van der Waals surface area contributed by atoms with Crippen LogP contribution in [0.5, 0.6) is 0 Å². The fourth-order valence-corrected chi connectivity index (χ4v) is 2.94. The largest absolute Gasteiger partial charge is 0.334 e. The Morgan fingerprint density at radius 3 is 2.42 bits per heavy atom. The van der Waals surface area contributed by atoms with Gasteiger partial charge in [-0.3, -0.25) is 0 Å². The number of hydrogen-bond acceptors (Lipinski definition) is 3. The lowest BCUT2D eigenvalue weighted by molar-refractivity contribution is 0.253. The number of benzene rings is 2. The number of sulfone groups is 1. The van der Waals surface area contributed by atoms with Crippen LogP contribution < -0.4 is 10.6 Å². The molecule has 0 saturated carbocycles. The monoisotopic (exact) mass is 344 g/mol. The average molecular weight is 344 g/mol. The number of nitrogens with one attached hydrogen (secondary N) is 2. The number of hydrogen-bond donors (Lipinski definition) is 2. The second-order valence-corrected chi connectivity index (χ2v) is 7.52. The van der Waals surface area contributed by atoms with Crippen LogP contribution in [0, 0.1) is 0 Å². The summed E-state index contributed by atoms with van der Waals surface area (Å²) in [4.78, 5) is 11.9. The van der Waals surface area contributed by atoms with Crippen molar-refractivity contribution >= 4 is 27.6 Å². The minimum Gasteiger partial charge on any atom is -0.334 e. The molecule has 2 rings (SSSR count). The summed E-state index contributed by atoms with van der Waals surface area (Å²) in [6.07, 6.45) is 4.92. The van der Waals surface area contributed by atoms with Gasteiger partial charge in [-0.1, -0.05) is 60.7 Å². The number of urea groups is 1. The van der Waals surface area contributed by atoms with Gasteiger partial charge < -0.3 is 10.6 Å². The molecule has 0 spiro atoms. The Labute approximate surface area is 142 Å². The second-order valence-electron chi connectivity index (χ2n) is 5.38. The zero-order valence-corrected chi connectivity index (χ0v) is 14.2. The molecule has 0 fully saturated rings. The van der Waals surface area contributed by atoms with E-state index in [2.05, 4.69) is 10.6 Å². The molecular formula is C18H20N2O3S. The highest BCUT2D eigenvalue weighted by Gasteiger charge is 2.10. The molecule has 126 valence electrons. The highest BCUT2D eigenvalue weighted by Crippen LogP contribution is 2.17. The molecule has 2 aromatic rings. The smallest absolute Gasteiger partial charge is 0.319 e. The first-order valence-corrected chi connectivity index (χ1v) is 9.52. The lowest BCUT2D eigenvalue weighted by Gasteiger charge is -2.10. The van der Waals surface area contributed by atoms with Crippen molar-refractivity contribution in [2.75, 3.05) is 18.1 Å². The molecule has 0 aliphatic rings. The Kier molecular flexibility index (Phi) is 6.14. The van der Waals surface area contributed by atoms with Gasteiger partial charge in [-0.25, -0.2) is 13.2 Å². The van der Waals surface area contributed by atoms with Gasteiger partial charge in [-0.2, -0.15) is 0 Å². The van der Waals surface area contributed by atoms with Gasteiger partial charge in [0.1, 0.15) is 0 Å². The summed E-state index contributed by atoms with van der Waals surface area (Å²) < 4.78 is 22.9. The van der Waals surface area contributed by atoms with Crippen LogP contribution in [0.4, 0.5) is 10.5 Å². The molecule has 2 amide bonds. The van der Waals surface area contributed by atoms with Crippen molar-refractivity contribution in [3.05, 3.63) is 71.8 Å². The molecule has 0 aliphatic carbocycles. The first kappa shape index (κ1) is 17.7. The lowest BCUT2D eigenvalue weighted by Crippen LogP contribution is -2.29. The first-order valence-electron chi connectivity index (χ1n) is 7.46. The van der Waals surface area contributed by atoms with Crippen molar-refractivity contribution < 1.29 is 13.2 Å². The summed E-state index contributed by atoms with van der Waals surface area (Å²) in [6, 6.07) is 16.2. The number of carbonyl (C=O) groups is 1. The van der Waals surface area contributed by atoms with Crippen LogP contribution in [0.25, 0.3) is 6.08 Å². The van der Waals surface area contributed by atoms with Crippen LogP contribution in [0.3, 0.4) is 0 Å². The van der Waals surface area contributed by atoms with Gasteiger partial charge in [0.05, 0.1) is 5.75 Å². The third kappa shape index (κ3) is 6.26. The lowest BCUT2D eigenvalue weighted by atomic mass is 10.2. The van der Waals surface area contributed by atoms with Crippen LogP contribution in [-0.4, -0.2) is 27.2 Å². The fourth-order valence-electron chi connectivity index (χ4n) is 2.13. The molecule has 0 heterocycles. The zero-order chi connectivity index (χ0) is 17.4. The number of para-hydroxylation sites is 1. The van der Waals surface area contributed by atoms with Crippen molar-refractivity contribution in [1.82, 2.24) is 5.32 Å². The molecule has 0 aromatic heterocycles. The van der Waals surface area contributed by atoms with E-state index in [0.29, 0.717) is 17.8 Å². The van der Waals surface area contributed by atoms with Gasteiger partial charge in [0, 0.05) is 18.5 Å². The highest BCUT2D eigenvalue weighted by atomic mass is 32.2. The molecule has 0 unspecified atom stereocenters. The van der Waals surface area contributed by atoms with Crippen LogP contribution in [0.2, 0.25) is 0 Å². The van der Waals surface area contributed by atoms with Gasteiger partial charge in [-0.05, 0) is 17.2 Å². The Morgan fingerprint density at radius 1 is 1.04 bits per heavy atom. The summed E-state index contributed by atoms with van der Waals surface area (Å²) in [5.74, 6) is -0.114. The summed E-state index contributed by atoms with van der Waals surface area (Å²) in [5, 5.41) is 5.39. The Bertz CT molecular complexity index is 815. The summed E-state index contributed by atoms with van der Waals surface area (Å²) in [7, 11) is -3.17. The van der Waals surface area contributed by atoms with E-state index in [1.54, 1.807) is 24.3 Å². The quantitative estimate of drug-likeness (QED) is 0.846. The molecule has 0 atom stereocenters. The van der Waals surface area contributed by atoms with Gasteiger partial charge in [0.2, 0.25) is 0 Å². The Hall–Kier alpha value is -2.60. The minimum atomic E-state index is -3.17. The van der Waals surface area contributed by atoms with E-state index in [1.165, 1.54) is 0 Å². The first-order chi connectivity index (χ1) is 11.4. The maximum atomic E-state index is 11.9. The Morgan fingerprint density at radius 2 is 1.71 bits per heavy atom. The van der Waals surface area contributed by atoms with Crippen molar-refractivity contribution in [2.24, 2.45) is 0 Å². The van der Waals surface area contributed by atoms with E-state index in [-0.39, 0.29) is 11.8 Å². The molecule has 24 heavy (non-hydrogen) atoms. The Balaban J connectivity index is 1.90. The third-order valence-electron chi connectivity index (χ3n) is 3.17. The molecule has 2 N–H and O–H groups in total. The predicted octanol–water partition coefficient (Wildman–Crippen LogP) is 3.07. The van der Waals surface area contributed by atoms with Crippen LogP contribution >= 0.6 is 0 Å². The van der Waals surface area contributed by atoms with E-state index in [4.69, 9.17) is 0 Å². The van der Waals surface area contributed by atoms with Gasteiger partial charge >= 0.3 is 6.03 Å². The fraction of sp³-hybridized carbons (Fsp3) is 0.167. The van der Waals surface area contributed by atoms with Gasteiger partial charge in [-0.15, -0.1) is 0 Å². The van der Waals surface area contributed by atoms with Crippen LogP contribution in [0.1, 0.15) is 11.1 Å². The van der Waals surface area contributed by atoms with E-state index >= 15 is 0 Å². The number of carbonyl (C=O) groups excluding carboxylic acids is 1. The van der Waals surface area contributed by atoms with E-state index in [1.807, 2.05) is 42.5 Å². The maximum Gasteiger partial charge on any atom is 0.319 e. The molecule has 0 aliphatic heterocycles. The molecule has 0 saturated heterocycles. The topological polar surface area (TPSA) is 75.3 Å². The van der Waals surface area contributed by atoms with E-state index < -0.39 is 9.84 Å². The summed E-state index contributed by atoms with van der Waals surface area (Å²) >= 11 is 0. The normalized spacial score (nSPS) is 11.4. The van der Waals surface area contributed by atoms with Crippen molar-refractivity contribution in [3.8, 4) is 0 Å². The van der Waals surface area contributed by atoms with Crippen molar-refractivity contribution in [3.63, 3.8) is 0 Å². The standard InChI is InChI=1S/C18H20N2O3S/c1-24(22,23)14-16-11-5-6-12-17(16)20-18(21)19-13-7-10-15-8-3-2-4-9-15/h2-12H,13-14H2,1H3,(H2,19,20,21). The second kappa shape index (κ2) is 8.31. The number of amides is 2.